The van der Waals surface area contributed by atoms with Crippen LogP contribution in [0.3, 0.4) is 0 Å². The predicted octanol–water partition coefficient (Wildman–Crippen LogP) is 1.24. The molecule has 10 heavy (non-hydrogen) atoms. The van der Waals surface area contributed by atoms with Gasteiger partial charge in [0.05, 0.1) is 6.20 Å². The van der Waals surface area contributed by atoms with Gasteiger partial charge in [0.2, 0.25) is 0 Å². The quantitative estimate of drug-likeness (QED) is 0.573. The molecular weight excluding hydrogens is 126 g/mol. The third kappa shape index (κ3) is 0.515. The summed E-state index contributed by atoms with van der Waals surface area (Å²) in [4.78, 5) is 0. The first-order chi connectivity index (χ1) is 4.92. The van der Waals surface area contributed by atoms with Crippen molar-refractivity contribution >= 4 is 11.8 Å². The predicted molar refractivity (Wildman–Crippen MR) is 39.6 cm³/mol. The molecule has 0 spiro atoms. The third-order valence-electron chi connectivity index (χ3n) is 1.48. The lowest BCUT2D eigenvalue weighted by Crippen LogP contribution is -1.82. The number of hydrogen-bond acceptors (Lipinski definition) is 1. The molecule has 0 aromatic carbocycles. The molecule has 0 saturated heterocycles. The van der Waals surface area contributed by atoms with Crippen LogP contribution < -0.4 is 0 Å². The van der Waals surface area contributed by atoms with E-state index in [1.165, 1.54) is 0 Å². The Kier molecular flexibility index (Phi) is 0.917. The molecule has 0 radical (unpaired) electrons. The fourth-order valence-electron chi connectivity index (χ4n) is 0.992. The van der Waals surface area contributed by atoms with Crippen molar-refractivity contribution in [3.8, 4) is 0 Å². The van der Waals surface area contributed by atoms with E-state index in [9.17, 15) is 0 Å². The van der Waals surface area contributed by atoms with Gasteiger partial charge in [0, 0.05) is 24.7 Å². The van der Waals surface area contributed by atoms with Crippen LogP contribution in [0.15, 0.2) is 31.2 Å². The molecule has 2 aromatic heterocycles. The van der Waals surface area contributed by atoms with E-state index in [0.29, 0.717) is 0 Å². The zero-order chi connectivity index (χ0) is 6.97. The van der Waals surface area contributed by atoms with Crippen LogP contribution in [0, 0.1) is 0 Å². The van der Waals surface area contributed by atoms with Gasteiger partial charge in [0.25, 0.3) is 0 Å². The Hall–Kier alpha value is -1.51. The molecule has 0 aliphatic carbocycles. The summed E-state index contributed by atoms with van der Waals surface area (Å²) in [6.07, 6.45) is 7.30. The minimum Gasteiger partial charge on any atom is -0.308 e. The van der Waals surface area contributed by atoms with E-state index in [0.717, 1.165) is 5.65 Å². The van der Waals surface area contributed by atoms with Crippen molar-refractivity contribution < 1.29 is 0 Å². The second-order valence-corrected chi connectivity index (χ2v) is 2.02. The van der Waals surface area contributed by atoms with Gasteiger partial charge in [-0.25, -0.2) is 4.52 Å². The smallest absolute Gasteiger partial charge is 0.139 e. The van der Waals surface area contributed by atoms with Gasteiger partial charge >= 0.3 is 0 Å². The van der Waals surface area contributed by atoms with Crippen molar-refractivity contribution in [1.29, 1.82) is 0 Å². The second-order valence-electron chi connectivity index (χ2n) is 2.02. The van der Waals surface area contributed by atoms with Gasteiger partial charge in [0.15, 0.2) is 0 Å². The molecule has 0 atom stereocenters. The molecule has 0 unspecified atom stereocenters. The minimum absolute atomic E-state index is 1.04. The summed E-state index contributed by atoms with van der Waals surface area (Å²) < 4.78 is 3.70. The average Bonchev–Trinajstić information content (AvgIpc) is 2.44. The molecule has 0 fully saturated rings. The molecule has 3 heteroatoms. The molecule has 0 N–H and O–H groups in total. The summed E-state index contributed by atoms with van der Waals surface area (Å²) in [6, 6.07) is 1.93. The summed E-state index contributed by atoms with van der Waals surface area (Å²) in [5.41, 5.74) is 1.04. The normalized spacial score (nSPS) is 10.4. The van der Waals surface area contributed by atoms with Gasteiger partial charge in [-0.15, -0.1) is 0 Å². The van der Waals surface area contributed by atoms with Gasteiger partial charge in [0.1, 0.15) is 5.65 Å². The van der Waals surface area contributed by atoms with Crippen LogP contribution in [0.25, 0.3) is 11.8 Å². The molecule has 2 heterocycles. The molecule has 0 aliphatic heterocycles. The zero-order valence-electron chi connectivity index (χ0n) is 5.44. The Labute approximate surface area is 58.2 Å². The topological polar surface area (TPSA) is 22.2 Å². The van der Waals surface area contributed by atoms with Crippen molar-refractivity contribution in [1.82, 2.24) is 14.2 Å². The van der Waals surface area contributed by atoms with Crippen LogP contribution in [-0.4, -0.2) is 14.2 Å². The molecule has 0 bridgehead atoms. The Morgan fingerprint density at radius 2 is 2.40 bits per heavy atom. The summed E-state index contributed by atoms with van der Waals surface area (Å²) in [7, 11) is 0. The maximum absolute atomic E-state index is 4.04. The van der Waals surface area contributed by atoms with E-state index in [1.54, 1.807) is 16.9 Å². The number of nitrogens with zero attached hydrogens (tertiary/aromatic N) is 3. The summed E-state index contributed by atoms with van der Waals surface area (Å²) >= 11 is 0. The van der Waals surface area contributed by atoms with E-state index in [4.69, 9.17) is 0 Å². The van der Waals surface area contributed by atoms with Gasteiger partial charge < -0.3 is 4.57 Å². The zero-order valence-corrected chi connectivity index (χ0v) is 5.44. The van der Waals surface area contributed by atoms with Gasteiger partial charge in [-0.3, -0.25) is 0 Å². The molecule has 0 amide bonds. The van der Waals surface area contributed by atoms with E-state index >= 15 is 0 Å². The highest BCUT2D eigenvalue weighted by molar-refractivity contribution is 5.45. The molecule has 3 nitrogen and oxygen atoms in total. The van der Waals surface area contributed by atoms with Crippen LogP contribution in [0.4, 0.5) is 0 Å². The van der Waals surface area contributed by atoms with Crippen LogP contribution in [0.2, 0.25) is 0 Å². The van der Waals surface area contributed by atoms with Crippen LogP contribution in [0.5, 0.6) is 0 Å². The Balaban J connectivity index is 2.88. The van der Waals surface area contributed by atoms with Gasteiger partial charge in [-0.05, 0) is 0 Å². The Morgan fingerprint density at radius 3 is 3.20 bits per heavy atom. The van der Waals surface area contributed by atoms with Gasteiger partial charge in [-0.1, -0.05) is 6.58 Å². The molecule has 0 saturated carbocycles. The monoisotopic (exact) mass is 133 g/mol. The molecule has 0 aliphatic rings. The standard InChI is InChI=1S/C7H7N3/c1-2-9-5-6-10-7(9)3-4-8-10/h2-6H,1H2. The van der Waals surface area contributed by atoms with Gasteiger partial charge in [-0.2, -0.15) is 5.10 Å². The fraction of sp³-hybridized carbons (Fsp3) is 0. The largest absolute Gasteiger partial charge is 0.308 e. The van der Waals surface area contributed by atoms with Crippen molar-refractivity contribution in [2.75, 3.05) is 0 Å². The minimum atomic E-state index is 1.04. The summed E-state index contributed by atoms with van der Waals surface area (Å²) in [5.74, 6) is 0. The lowest BCUT2D eigenvalue weighted by Gasteiger charge is -1.88. The Morgan fingerprint density at radius 1 is 1.50 bits per heavy atom. The van der Waals surface area contributed by atoms with Crippen molar-refractivity contribution in [2.24, 2.45) is 0 Å². The average molecular weight is 133 g/mol. The highest BCUT2D eigenvalue weighted by Crippen LogP contribution is 2.02. The first kappa shape index (κ1) is 5.29. The lowest BCUT2D eigenvalue weighted by molar-refractivity contribution is 0.969. The van der Waals surface area contributed by atoms with Crippen LogP contribution >= 0.6 is 0 Å². The first-order valence-electron chi connectivity index (χ1n) is 3.04. The lowest BCUT2D eigenvalue weighted by atomic mass is 10.7. The summed E-state index contributed by atoms with van der Waals surface area (Å²) in [6.45, 7) is 3.65. The van der Waals surface area contributed by atoms with E-state index in [-0.39, 0.29) is 0 Å². The van der Waals surface area contributed by atoms with Crippen LogP contribution in [0.1, 0.15) is 0 Å². The third-order valence-corrected chi connectivity index (χ3v) is 1.48. The molecular formula is C7H7N3. The van der Waals surface area contributed by atoms with E-state index in [2.05, 4.69) is 11.7 Å². The van der Waals surface area contributed by atoms with Crippen molar-refractivity contribution in [3.63, 3.8) is 0 Å². The Bertz CT molecular complexity index is 355. The first-order valence-corrected chi connectivity index (χ1v) is 3.04. The SMILES string of the molecule is C=Cn1ccn2nccc12. The summed E-state index contributed by atoms with van der Waals surface area (Å²) in [5, 5.41) is 4.04. The highest BCUT2D eigenvalue weighted by Gasteiger charge is 1.94. The number of aromatic nitrogens is 3. The maximum Gasteiger partial charge on any atom is 0.139 e. The number of rotatable bonds is 1. The van der Waals surface area contributed by atoms with E-state index < -0.39 is 0 Å². The number of hydrogen-bond donors (Lipinski definition) is 0. The van der Waals surface area contributed by atoms with Crippen molar-refractivity contribution in [2.45, 2.75) is 0 Å². The molecule has 2 aromatic rings. The number of fused-ring (bicyclic) bond motifs is 1. The second kappa shape index (κ2) is 1.73. The fourth-order valence-corrected chi connectivity index (χ4v) is 0.992. The highest BCUT2D eigenvalue weighted by atomic mass is 15.3. The maximum atomic E-state index is 4.04. The van der Waals surface area contributed by atoms with Crippen LogP contribution in [-0.2, 0) is 0 Å². The number of imidazole rings is 1. The van der Waals surface area contributed by atoms with Crippen molar-refractivity contribution in [3.05, 3.63) is 31.2 Å². The van der Waals surface area contributed by atoms with E-state index in [1.807, 2.05) is 23.0 Å². The molecule has 2 rings (SSSR count). The molecule has 50 valence electrons.